The first-order valence-corrected chi connectivity index (χ1v) is 17.7. The summed E-state index contributed by atoms with van der Waals surface area (Å²) in [6.07, 6.45) is 0. The van der Waals surface area contributed by atoms with E-state index >= 15 is 0 Å². The molecule has 1 heteroatoms. The maximum absolute atomic E-state index is 2.48. The summed E-state index contributed by atoms with van der Waals surface area (Å²) in [6.45, 7) is 0. The molecular formula is C50H31N. The van der Waals surface area contributed by atoms with Crippen molar-refractivity contribution >= 4 is 75.7 Å². The highest BCUT2D eigenvalue weighted by Crippen LogP contribution is 2.49. The van der Waals surface area contributed by atoms with Gasteiger partial charge in [-0.3, -0.25) is 0 Å². The molecule has 0 radical (unpaired) electrons. The minimum Gasteiger partial charge on any atom is -0.309 e. The van der Waals surface area contributed by atoms with Crippen molar-refractivity contribution in [2.45, 2.75) is 0 Å². The van der Waals surface area contributed by atoms with Crippen molar-refractivity contribution in [3.8, 4) is 27.9 Å². The van der Waals surface area contributed by atoms with Crippen molar-refractivity contribution < 1.29 is 0 Å². The van der Waals surface area contributed by atoms with Crippen LogP contribution in [0.3, 0.4) is 0 Å². The molecule has 0 fully saturated rings. The summed E-state index contributed by atoms with van der Waals surface area (Å²) >= 11 is 0. The van der Waals surface area contributed by atoms with Gasteiger partial charge in [0.15, 0.2) is 0 Å². The standard InChI is InChI=1S/C50H31N/c1-2-18-34(19-3-1)51-45-30-29-33-16-5-7-21-36(33)49(45)50-39-23-9-8-22-37(39)44(31-46(50)51)48-42-26-12-10-24-40(42)47(41-25-11-13-27-43(41)48)38-28-14-17-32-15-4-6-20-35(32)38/h1-31H. The third kappa shape index (κ3) is 4.03. The summed E-state index contributed by atoms with van der Waals surface area (Å²) in [6, 6.07) is 69.3. The van der Waals surface area contributed by atoms with Crippen LogP contribution in [0.4, 0.5) is 0 Å². The molecule has 0 amide bonds. The molecule has 0 aliphatic carbocycles. The normalized spacial score (nSPS) is 11.9. The molecule has 0 bridgehead atoms. The van der Waals surface area contributed by atoms with Gasteiger partial charge in [0.25, 0.3) is 0 Å². The van der Waals surface area contributed by atoms with E-state index in [1.165, 1.54) is 97.9 Å². The smallest absolute Gasteiger partial charge is 0.0553 e. The van der Waals surface area contributed by atoms with Crippen molar-refractivity contribution in [1.29, 1.82) is 0 Å². The first-order valence-electron chi connectivity index (χ1n) is 17.7. The Morgan fingerprint density at radius 3 is 1.41 bits per heavy atom. The number of rotatable bonds is 3. The van der Waals surface area contributed by atoms with Crippen molar-refractivity contribution in [2.75, 3.05) is 0 Å². The SMILES string of the molecule is c1ccc(-n2c3ccc4ccccc4c3c3c4ccccc4c(-c4c5ccccc5c(-c5cccc6ccccc56)c5ccccc45)cc32)cc1. The van der Waals surface area contributed by atoms with E-state index in [1.807, 2.05) is 0 Å². The Hall–Kier alpha value is -6.70. The fraction of sp³-hybridized carbons (Fsp3) is 0. The summed E-state index contributed by atoms with van der Waals surface area (Å²) < 4.78 is 2.47. The second kappa shape index (κ2) is 10.9. The van der Waals surface area contributed by atoms with Gasteiger partial charge in [-0.25, -0.2) is 0 Å². The fourth-order valence-corrected chi connectivity index (χ4v) is 8.85. The lowest BCUT2D eigenvalue weighted by Gasteiger charge is -2.20. The van der Waals surface area contributed by atoms with E-state index in [2.05, 4.69) is 193 Å². The Labute approximate surface area is 295 Å². The Bertz CT molecular complexity index is 3120. The summed E-state index contributed by atoms with van der Waals surface area (Å²) in [5.41, 5.74) is 8.68. The average Bonchev–Trinajstić information content (AvgIpc) is 3.55. The van der Waals surface area contributed by atoms with Gasteiger partial charge in [-0.15, -0.1) is 0 Å². The van der Waals surface area contributed by atoms with Crippen LogP contribution in [0.2, 0.25) is 0 Å². The summed E-state index contributed by atoms with van der Waals surface area (Å²) in [7, 11) is 0. The minimum atomic E-state index is 1.16. The topological polar surface area (TPSA) is 4.93 Å². The second-order valence-corrected chi connectivity index (χ2v) is 13.6. The van der Waals surface area contributed by atoms with Crippen LogP contribution in [0.25, 0.3) is 104 Å². The molecule has 1 heterocycles. The molecule has 10 aromatic carbocycles. The number of nitrogens with zero attached hydrogens (tertiary/aromatic N) is 1. The molecule has 0 saturated heterocycles. The Balaban J connectivity index is 1.35. The van der Waals surface area contributed by atoms with Gasteiger partial charge in [0.2, 0.25) is 0 Å². The molecule has 0 aliphatic heterocycles. The van der Waals surface area contributed by atoms with Crippen LogP contribution >= 0.6 is 0 Å². The molecule has 1 aromatic heterocycles. The number of benzene rings is 10. The first-order chi connectivity index (χ1) is 25.3. The number of hydrogen-bond donors (Lipinski definition) is 0. The van der Waals surface area contributed by atoms with Crippen molar-refractivity contribution in [2.24, 2.45) is 0 Å². The predicted octanol–water partition coefficient (Wildman–Crippen LogP) is 13.9. The van der Waals surface area contributed by atoms with Crippen molar-refractivity contribution in [1.82, 2.24) is 4.57 Å². The lowest BCUT2D eigenvalue weighted by Crippen LogP contribution is -1.95. The molecule has 0 spiro atoms. The van der Waals surface area contributed by atoms with E-state index in [9.17, 15) is 0 Å². The molecule has 0 atom stereocenters. The van der Waals surface area contributed by atoms with Crippen LogP contribution in [-0.4, -0.2) is 4.57 Å². The van der Waals surface area contributed by atoms with Crippen LogP contribution in [0.1, 0.15) is 0 Å². The number of aromatic nitrogens is 1. The van der Waals surface area contributed by atoms with Crippen LogP contribution in [0.5, 0.6) is 0 Å². The van der Waals surface area contributed by atoms with Gasteiger partial charge in [-0.2, -0.15) is 0 Å². The Morgan fingerprint density at radius 1 is 0.275 bits per heavy atom. The maximum atomic E-state index is 2.48. The minimum absolute atomic E-state index is 1.16. The zero-order chi connectivity index (χ0) is 33.5. The van der Waals surface area contributed by atoms with Crippen LogP contribution in [0, 0.1) is 0 Å². The number of fused-ring (bicyclic) bond motifs is 10. The van der Waals surface area contributed by atoms with Gasteiger partial charge in [0, 0.05) is 16.5 Å². The predicted molar refractivity (Wildman–Crippen MR) is 219 cm³/mol. The average molecular weight is 646 g/mol. The molecule has 236 valence electrons. The van der Waals surface area contributed by atoms with Gasteiger partial charge >= 0.3 is 0 Å². The van der Waals surface area contributed by atoms with Gasteiger partial charge in [0.1, 0.15) is 0 Å². The molecule has 0 aliphatic rings. The Morgan fingerprint density at radius 2 is 0.745 bits per heavy atom. The summed E-state index contributed by atoms with van der Waals surface area (Å²) in [4.78, 5) is 0. The third-order valence-corrected chi connectivity index (χ3v) is 10.9. The summed E-state index contributed by atoms with van der Waals surface area (Å²) in [5.74, 6) is 0. The molecular weight excluding hydrogens is 615 g/mol. The number of hydrogen-bond acceptors (Lipinski definition) is 0. The highest BCUT2D eigenvalue weighted by Gasteiger charge is 2.23. The van der Waals surface area contributed by atoms with E-state index in [0.29, 0.717) is 0 Å². The van der Waals surface area contributed by atoms with E-state index < -0.39 is 0 Å². The van der Waals surface area contributed by atoms with Gasteiger partial charge in [0.05, 0.1) is 11.0 Å². The van der Waals surface area contributed by atoms with Crippen molar-refractivity contribution in [3.05, 3.63) is 188 Å². The highest BCUT2D eigenvalue weighted by atomic mass is 15.0. The quantitative estimate of drug-likeness (QED) is 0.169. The van der Waals surface area contributed by atoms with E-state index in [0.717, 1.165) is 5.69 Å². The van der Waals surface area contributed by atoms with E-state index in [1.54, 1.807) is 0 Å². The number of para-hydroxylation sites is 1. The highest BCUT2D eigenvalue weighted by molar-refractivity contribution is 6.32. The van der Waals surface area contributed by atoms with Crippen LogP contribution < -0.4 is 0 Å². The lowest BCUT2D eigenvalue weighted by molar-refractivity contribution is 1.18. The summed E-state index contributed by atoms with van der Waals surface area (Å²) in [5, 5.41) is 15.2. The molecule has 11 rings (SSSR count). The van der Waals surface area contributed by atoms with Crippen LogP contribution in [0.15, 0.2) is 188 Å². The van der Waals surface area contributed by atoms with Gasteiger partial charge in [-0.05, 0) is 100 Å². The van der Waals surface area contributed by atoms with E-state index in [-0.39, 0.29) is 0 Å². The zero-order valence-electron chi connectivity index (χ0n) is 27.8. The monoisotopic (exact) mass is 645 g/mol. The Kier molecular flexibility index (Phi) is 6.02. The van der Waals surface area contributed by atoms with Crippen molar-refractivity contribution in [3.63, 3.8) is 0 Å². The van der Waals surface area contributed by atoms with Gasteiger partial charge < -0.3 is 4.57 Å². The molecule has 0 saturated carbocycles. The lowest BCUT2D eigenvalue weighted by atomic mass is 9.83. The molecule has 0 unspecified atom stereocenters. The zero-order valence-corrected chi connectivity index (χ0v) is 27.8. The maximum Gasteiger partial charge on any atom is 0.0553 e. The van der Waals surface area contributed by atoms with Gasteiger partial charge in [-0.1, -0.05) is 164 Å². The largest absolute Gasteiger partial charge is 0.309 e. The molecule has 0 N–H and O–H groups in total. The van der Waals surface area contributed by atoms with E-state index in [4.69, 9.17) is 0 Å². The third-order valence-electron chi connectivity index (χ3n) is 10.9. The molecule has 1 nitrogen and oxygen atoms in total. The second-order valence-electron chi connectivity index (χ2n) is 13.6. The molecule has 51 heavy (non-hydrogen) atoms. The fourth-order valence-electron chi connectivity index (χ4n) is 8.85. The van der Waals surface area contributed by atoms with Crippen LogP contribution in [-0.2, 0) is 0 Å². The molecule has 11 aromatic rings. The first kappa shape index (κ1) is 28.2.